The summed E-state index contributed by atoms with van der Waals surface area (Å²) in [6, 6.07) is 10.9. The fraction of sp³-hybridized carbons (Fsp3) is 0.511. The Hall–Kier alpha value is -5.66. The summed E-state index contributed by atoms with van der Waals surface area (Å²) in [7, 11) is 2.59. The molecule has 6 atom stereocenters. The minimum atomic E-state index is -0.718. The quantitative estimate of drug-likeness (QED) is 0.112. The Morgan fingerprint density at radius 1 is 0.780 bits per heavy atom. The fourth-order valence-corrected chi connectivity index (χ4v) is 8.84. The van der Waals surface area contributed by atoms with E-state index in [4.69, 9.17) is 19.4 Å². The largest absolute Gasteiger partial charge is 0.453 e. The number of amides is 4. The van der Waals surface area contributed by atoms with Crippen molar-refractivity contribution in [3.63, 3.8) is 0 Å². The summed E-state index contributed by atoms with van der Waals surface area (Å²) in [5.41, 5.74) is 8.17. The Labute approximate surface area is 347 Å². The first-order chi connectivity index (χ1) is 28.2. The third-order valence-corrected chi connectivity index (χ3v) is 12.3. The number of likely N-dealkylation sites (tertiary alicyclic amines) is 2. The van der Waals surface area contributed by atoms with Crippen LogP contribution in [0.5, 0.6) is 0 Å². The van der Waals surface area contributed by atoms with Gasteiger partial charge >= 0.3 is 12.2 Å². The van der Waals surface area contributed by atoms with Gasteiger partial charge in [-0.2, -0.15) is 0 Å². The van der Waals surface area contributed by atoms with E-state index in [0.717, 1.165) is 82.1 Å². The molecular weight excluding hydrogens is 749 g/mol. The first-order valence-corrected chi connectivity index (χ1v) is 20.8. The van der Waals surface area contributed by atoms with Gasteiger partial charge in [0.2, 0.25) is 11.8 Å². The second-order valence-corrected chi connectivity index (χ2v) is 16.7. The molecule has 0 spiro atoms. The van der Waals surface area contributed by atoms with Crippen LogP contribution in [0.4, 0.5) is 9.59 Å². The van der Waals surface area contributed by atoms with E-state index in [-0.39, 0.29) is 41.8 Å². The van der Waals surface area contributed by atoms with Crippen LogP contribution in [0.1, 0.15) is 102 Å². The minimum Gasteiger partial charge on any atom is -0.453 e. The van der Waals surface area contributed by atoms with Gasteiger partial charge in [-0.1, -0.05) is 65.3 Å². The van der Waals surface area contributed by atoms with Gasteiger partial charge in [-0.25, -0.2) is 19.6 Å². The first-order valence-electron chi connectivity index (χ1n) is 20.8. The molecule has 0 bridgehead atoms. The summed E-state index contributed by atoms with van der Waals surface area (Å²) >= 11 is 0. The van der Waals surface area contributed by atoms with E-state index in [9.17, 15) is 19.2 Å². The molecule has 0 radical (unpaired) electrons. The van der Waals surface area contributed by atoms with Gasteiger partial charge in [-0.15, -0.1) is 0 Å². The number of aromatic nitrogens is 4. The normalized spacial score (nSPS) is 20.2. The SMILES string of the molecule is CC[C@@H]1C[C@@H](c2ncc(-c3ccc(-c4ccc(-c5cnc([C@@H]6CCCN6C(=O)[C@@H](NC(=O)OC)C(C)C)[nH]5)cc4C)c(C)c3)[nH]2)N(C(=O)[C@@H](NC(=O)OC)C(C)C)C1C. The number of carbonyl (C=O) groups excluding carboxylic acids is 4. The standard InChI is InChI=1S/C45H60N8O6/c1-11-29-21-37(53(28(29)8)43(55)39(25(4)5)51-45(57)59-10)41-47-23-35(49-41)31-15-17-33(27(7)20-31)32-16-14-30(19-26(32)6)34-22-46-40(48-34)36-13-12-18-52(36)42(54)38(24(2)3)50-44(56)58-9/h14-17,19-20,22-25,28-29,36-39H,11-13,18,21H2,1-10H3,(H,46,48)(H,47,49)(H,50,56)(H,51,57)/t28?,29-,36+,37+,38+,39+/m1/s1. The summed E-state index contributed by atoms with van der Waals surface area (Å²) in [4.78, 5) is 72.1. The zero-order chi connectivity index (χ0) is 42.7. The van der Waals surface area contributed by atoms with Crippen molar-refractivity contribution in [3.05, 3.63) is 71.6 Å². The number of imidazole rings is 2. The molecule has 2 aromatic carbocycles. The number of carbonyl (C=O) groups is 4. The summed E-state index contributed by atoms with van der Waals surface area (Å²) in [6.07, 6.45) is 5.74. The highest BCUT2D eigenvalue weighted by Gasteiger charge is 2.45. The van der Waals surface area contributed by atoms with Crippen LogP contribution in [0, 0.1) is 31.6 Å². The lowest BCUT2D eigenvalue weighted by Gasteiger charge is -2.33. The van der Waals surface area contributed by atoms with Crippen LogP contribution >= 0.6 is 0 Å². The number of nitrogens with one attached hydrogen (secondary N) is 4. The topological polar surface area (TPSA) is 175 Å². The summed E-state index contributed by atoms with van der Waals surface area (Å²) in [5, 5.41) is 5.46. The molecule has 316 valence electrons. The van der Waals surface area contributed by atoms with E-state index in [1.807, 2.05) is 49.9 Å². The zero-order valence-electron chi connectivity index (χ0n) is 36.0. The van der Waals surface area contributed by atoms with Crippen LogP contribution < -0.4 is 10.6 Å². The monoisotopic (exact) mass is 808 g/mol. The van der Waals surface area contributed by atoms with E-state index < -0.39 is 24.3 Å². The van der Waals surface area contributed by atoms with Crippen LogP contribution in [0.25, 0.3) is 33.6 Å². The number of methoxy groups -OCH3 is 2. The molecule has 14 heteroatoms. The van der Waals surface area contributed by atoms with Crippen molar-refractivity contribution in [2.45, 2.75) is 111 Å². The molecule has 1 unspecified atom stereocenters. The van der Waals surface area contributed by atoms with Gasteiger partial charge in [0.15, 0.2) is 0 Å². The van der Waals surface area contributed by atoms with E-state index in [1.165, 1.54) is 14.2 Å². The molecule has 0 saturated carbocycles. The molecule has 2 aliphatic rings. The van der Waals surface area contributed by atoms with E-state index in [0.29, 0.717) is 12.5 Å². The third kappa shape index (κ3) is 8.86. The average Bonchev–Trinajstić information content (AvgIpc) is 4.05. The molecule has 4 N–H and O–H groups in total. The minimum absolute atomic E-state index is 0.0209. The van der Waals surface area contributed by atoms with Crippen molar-refractivity contribution in [1.29, 1.82) is 0 Å². The van der Waals surface area contributed by atoms with E-state index in [1.54, 1.807) is 0 Å². The molecule has 4 amide bonds. The third-order valence-electron chi connectivity index (χ3n) is 12.3. The Morgan fingerprint density at radius 2 is 1.27 bits per heavy atom. The van der Waals surface area contributed by atoms with Gasteiger partial charge in [-0.05, 0) is 103 Å². The predicted molar refractivity (Wildman–Crippen MR) is 226 cm³/mol. The van der Waals surface area contributed by atoms with Crippen molar-refractivity contribution >= 4 is 24.0 Å². The van der Waals surface area contributed by atoms with Crippen molar-refractivity contribution in [2.24, 2.45) is 17.8 Å². The maximum absolute atomic E-state index is 14.1. The smallest absolute Gasteiger partial charge is 0.407 e. The molecule has 6 rings (SSSR count). The van der Waals surface area contributed by atoms with Gasteiger partial charge in [0.05, 0.1) is 50.1 Å². The van der Waals surface area contributed by atoms with Crippen molar-refractivity contribution in [3.8, 4) is 33.6 Å². The number of benzene rings is 2. The Bertz CT molecular complexity index is 2160. The van der Waals surface area contributed by atoms with Gasteiger partial charge in [0.1, 0.15) is 23.7 Å². The first kappa shape index (κ1) is 42.9. The molecule has 2 aliphatic heterocycles. The van der Waals surface area contributed by atoms with Crippen LogP contribution in [-0.4, -0.2) is 92.6 Å². The van der Waals surface area contributed by atoms with Gasteiger partial charge in [0.25, 0.3) is 0 Å². The van der Waals surface area contributed by atoms with Gasteiger partial charge in [-0.3, -0.25) is 9.59 Å². The highest BCUT2D eigenvalue weighted by atomic mass is 16.5. The number of alkyl carbamates (subject to hydrolysis) is 2. The molecular formula is C45H60N8O6. The predicted octanol–water partition coefficient (Wildman–Crippen LogP) is 7.86. The Balaban J connectivity index is 1.19. The van der Waals surface area contributed by atoms with Crippen LogP contribution in [-0.2, 0) is 19.1 Å². The lowest BCUT2D eigenvalue weighted by molar-refractivity contribution is -0.138. The zero-order valence-corrected chi connectivity index (χ0v) is 36.0. The number of H-pyrrole nitrogens is 2. The van der Waals surface area contributed by atoms with Gasteiger partial charge in [0, 0.05) is 12.6 Å². The number of hydrogen-bond donors (Lipinski definition) is 4. The highest BCUT2D eigenvalue weighted by Crippen LogP contribution is 2.42. The molecule has 2 fully saturated rings. The number of aryl methyl sites for hydroxylation is 2. The summed E-state index contributed by atoms with van der Waals surface area (Å²) in [6.45, 7) is 16.7. The molecule has 4 aromatic rings. The Morgan fingerprint density at radius 3 is 1.73 bits per heavy atom. The number of hydrogen-bond acceptors (Lipinski definition) is 8. The van der Waals surface area contributed by atoms with Crippen LogP contribution in [0.15, 0.2) is 48.8 Å². The summed E-state index contributed by atoms with van der Waals surface area (Å²) < 4.78 is 9.61. The molecule has 59 heavy (non-hydrogen) atoms. The second-order valence-electron chi connectivity index (χ2n) is 16.7. The van der Waals surface area contributed by atoms with E-state index in [2.05, 4.69) is 84.7 Å². The van der Waals surface area contributed by atoms with Crippen molar-refractivity contribution in [2.75, 3.05) is 20.8 Å². The lowest BCUT2D eigenvalue weighted by Crippen LogP contribution is -2.53. The number of ether oxygens (including phenoxy) is 2. The van der Waals surface area contributed by atoms with E-state index >= 15 is 0 Å². The maximum Gasteiger partial charge on any atom is 0.407 e. The maximum atomic E-state index is 14.1. The Kier molecular flexibility index (Phi) is 13.2. The van der Waals surface area contributed by atoms with Gasteiger partial charge < -0.3 is 39.9 Å². The summed E-state index contributed by atoms with van der Waals surface area (Å²) in [5.74, 6) is 1.24. The molecule has 2 saturated heterocycles. The van der Waals surface area contributed by atoms with Crippen molar-refractivity contribution < 1.29 is 28.7 Å². The second kappa shape index (κ2) is 18.1. The van der Waals surface area contributed by atoms with Crippen LogP contribution in [0.3, 0.4) is 0 Å². The number of rotatable bonds is 12. The van der Waals surface area contributed by atoms with Crippen molar-refractivity contribution in [1.82, 2.24) is 40.4 Å². The molecule has 14 nitrogen and oxygen atoms in total. The highest BCUT2D eigenvalue weighted by molar-refractivity contribution is 5.87. The average molecular weight is 809 g/mol. The van der Waals surface area contributed by atoms with Crippen LogP contribution in [0.2, 0.25) is 0 Å². The number of nitrogens with zero attached hydrogens (tertiary/aromatic N) is 4. The molecule has 2 aromatic heterocycles. The molecule has 0 aliphatic carbocycles. The lowest BCUT2D eigenvalue weighted by atomic mass is 9.93. The number of aromatic amines is 2. The fourth-order valence-electron chi connectivity index (χ4n) is 8.84. The molecule has 4 heterocycles.